The van der Waals surface area contributed by atoms with Crippen LogP contribution in [0, 0.1) is 6.07 Å². The largest absolute Gasteiger partial charge is 0.366 e. The van der Waals surface area contributed by atoms with Gasteiger partial charge in [-0.15, -0.1) is 0 Å². The van der Waals surface area contributed by atoms with E-state index in [0.717, 1.165) is 28.2 Å². The van der Waals surface area contributed by atoms with Crippen LogP contribution in [0.2, 0.25) is 0 Å². The van der Waals surface area contributed by atoms with Gasteiger partial charge in [-0.05, 0) is 59.4 Å². The fraction of sp³-hybridized carbons (Fsp3) is 0.194. The zero-order valence-electron chi connectivity index (χ0n) is 19.6. The first-order valence-electron chi connectivity index (χ1n) is 12.1. The number of primary amides is 1. The van der Waals surface area contributed by atoms with E-state index in [2.05, 4.69) is 84.3 Å². The number of hydrogen-bond acceptors (Lipinski definition) is 1. The Labute approximate surface area is 200 Å². The third kappa shape index (κ3) is 4.10. The number of unbranched alkanes of at least 4 members (excludes halogenated alkanes) is 2. The zero-order valence-corrected chi connectivity index (χ0v) is 19.6. The monoisotopic (exact) mass is 445 g/mol. The maximum absolute atomic E-state index is 12.3. The summed E-state index contributed by atoms with van der Waals surface area (Å²) in [4.78, 5) is 12.3. The highest BCUT2D eigenvalue weighted by Crippen LogP contribution is 2.34. The van der Waals surface area contributed by atoms with Gasteiger partial charge in [-0.25, -0.2) is 0 Å². The van der Waals surface area contributed by atoms with Crippen LogP contribution in [0.25, 0.3) is 32.9 Å². The van der Waals surface area contributed by atoms with E-state index in [4.69, 9.17) is 5.73 Å². The summed E-state index contributed by atoms with van der Waals surface area (Å²) in [6.45, 7) is 2.92. The van der Waals surface area contributed by atoms with Gasteiger partial charge in [-0.1, -0.05) is 86.5 Å². The molecule has 1 aromatic heterocycles. The molecule has 1 amide bonds. The van der Waals surface area contributed by atoms with E-state index in [0.29, 0.717) is 12.1 Å². The summed E-state index contributed by atoms with van der Waals surface area (Å²) >= 11 is 0. The Morgan fingerprint density at radius 3 is 2.50 bits per heavy atom. The van der Waals surface area contributed by atoms with Gasteiger partial charge in [-0.3, -0.25) is 4.79 Å². The lowest BCUT2D eigenvalue weighted by Gasteiger charge is -2.13. The van der Waals surface area contributed by atoms with Crippen LogP contribution >= 0.6 is 0 Å². The van der Waals surface area contributed by atoms with Gasteiger partial charge in [0.2, 0.25) is 5.91 Å². The third-order valence-electron chi connectivity index (χ3n) is 6.62. The fourth-order valence-electron chi connectivity index (χ4n) is 4.93. The number of aromatic nitrogens is 1. The van der Waals surface area contributed by atoms with Crippen molar-refractivity contribution in [3.05, 3.63) is 108 Å². The van der Waals surface area contributed by atoms with Gasteiger partial charge in [-0.2, -0.15) is 0 Å². The maximum atomic E-state index is 12.3. The minimum absolute atomic E-state index is 0.408. The van der Waals surface area contributed by atoms with Gasteiger partial charge < -0.3 is 10.3 Å². The molecule has 0 aliphatic rings. The highest BCUT2D eigenvalue weighted by atomic mass is 16.1. The zero-order chi connectivity index (χ0) is 23.5. The SMILES string of the molecule is CCCCCc1c[c]c2c3c(C(N)=O)cccc3n(Cc3ccccc3-c3ccccc3)c2c1. The Kier molecular flexibility index (Phi) is 6.18. The maximum Gasteiger partial charge on any atom is 0.249 e. The van der Waals surface area contributed by atoms with Crippen LogP contribution in [-0.2, 0) is 13.0 Å². The van der Waals surface area contributed by atoms with Crippen LogP contribution in [0.3, 0.4) is 0 Å². The van der Waals surface area contributed by atoms with Crippen LogP contribution in [0.1, 0.15) is 47.7 Å². The van der Waals surface area contributed by atoms with E-state index in [1.165, 1.54) is 41.5 Å². The minimum atomic E-state index is -0.408. The summed E-state index contributed by atoms with van der Waals surface area (Å²) < 4.78 is 2.32. The number of rotatable bonds is 8. The van der Waals surface area contributed by atoms with E-state index in [1.54, 1.807) is 0 Å². The first kappa shape index (κ1) is 22.0. The number of carbonyl (C=O) groups is 1. The molecule has 34 heavy (non-hydrogen) atoms. The normalized spacial score (nSPS) is 11.3. The molecule has 3 nitrogen and oxygen atoms in total. The van der Waals surface area contributed by atoms with Crippen molar-refractivity contribution in [3.63, 3.8) is 0 Å². The van der Waals surface area contributed by atoms with Gasteiger partial charge in [0.1, 0.15) is 0 Å². The minimum Gasteiger partial charge on any atom is -0.366 e. The average molecular weight is 446 g/mol. The summed E-state index contributed by atoms with van der Waals surface area (Å²) in [6.07, 6.45) is 4.62. The predicted octanol–water partition coefficient (Wildman–Crippen LogP) is 7.14. The number of benzene rings is 4. The standard InChI is InChI=1S/C31H29N2O/c1-2-3-5-11-22-18-19-26-29(20-22)33(28-17-10-16-27(30(26)28)31(32)34)21-24-14-8-9-15-25(24)23-12-6-4-7-13-23/h4,6-10,12-18,20H,2-3,5,11,21H2,1H3,(H2,32,34). The highest BCUT2D eigenvalue weighted by Gasteiger charge is 2.18. The first-order valence-corrected chi connectivity index (χ1v) is 12.1. The summed E-state index contributed by atoms with van der Waals surface area (Å²) in [5.74, 6) is -0.408. The molecule has 2 N–H and O–H groups in total. The fourth-order valence-corrected chi connectivity index (χ4v) is 4.93. The lowest BCUT2D eigenvalue weighted by atomic mass is 9.99. The predicted molar refractivity (Wildman–Crippen MR) is 141 cm³/mol. The van der Waals surface area contributed by atoms with Crippen molar-refractivity contribution in [2.24, 2.45) is 5.73 Å². The molecule has 0 atom stereocenters. The average Bonchev–Trinajstić information content (AvgIpc) is 3.18. The van der Waals surface area contributed by atoms with Crippen LogP contribution in [0.5, 0.6) is 0 Å². The summed E-state index contributed by atoms with van der Waals surface area (Å²) in [5, 5.41) is 1.85. The van der Waals surface area contributed by atoms with E-state index in [-0.39, 0.29) is 0 Å². The number of amides is 1. The van der Waals surface area contributed by atoms with Crippen molar-refractivity contribution >= 4 is 27.7 Å². The van der Waals surface area contributed by atoms with E-state index in [9.17, 15) is 4.79 Å². The number of nitrogens with zero attached hydrogens (tertiary/aromatic N) is 1. The second kappa shape index (κ2) is 9.56. The van der Waals surface area contributed by atoms with Crippen LogP contribution < -0.4 is 5.73 Å². The first-order chi connectivity index (χ1) is 16.7. The molecule has 0 spiro atoms. The molecule has 1 heterocycles. The number of nitrogens with two attached hydrogens (primary N) is 1. The van der Waals surface area contributed by atoms with Crippen LogP contribution in [-0.4, -0.2) is 10.5 Å². The molecule has 5 aromatic rings. The van der Waals surface area contributed by atoms with Crippen LogP contribution in [0.4, 0.5) is 0 Å². The molecule has 0 unspecified atom stereocenters. The van der Waals surface area contributed by atoms with Gasteiger partial charge in [0, 0.05) is 22.9 Å². The Bertz CT molecular complexity index is 1460. The molecule has 3 heteroatoms. The second-order valence-corrected chi connectivity index (χ2v) is 8.90. The van der Waals surface area contributed by atoms with E-state index in [1.807, 2.05) is 18.2 Å². The van der Waals surface area contributed by atoms with Crippen molar-refractivity contribution in [3.8, 4) is 11.1 Å². The van der Waals surface area contributed by atoms with Gasteiger partial charge >= 0.3 is 0 Å². The lowest BCUT2D eigenvalue weighted by molar-refractivity contribution is 0.100. The summed E-state index contributed by atoms with van der Waals surface area (Å²) in [7, 11) is 0. The van der Waals surface area contributed by atoms with E-state index < -0.39 is 5.91 Å². The molecule has 0 bridgehead atoms. The molecule has 5 rings (SSSR count). The topological polar surface area (TPSA) is 48.0 Å². The van der Waals surface area contributed by atoms with Crippen molar-refractivity contribution in [2.75, 3.05) is 0 Å². The number of aryl methyl sites for hydroxylation is 1. The molecule has 0 saturated heterocycles. The smallest absolute Gasteiger partial charge is 0.249 e. The Morgan fingerprint density at radius 1 is 0.912 bits per heavy atom. The van der Waals surface area contributed by atoms with Gasteiger partial charge in [0.15, 0.2) is 0 Å². The summed E-state index contributed by atoms with van der Waals surface area (Å²) in [5.41, 5.74) is 13.4. The molecule has 0 fully saturated rings. The molecule has 4 aromatic carbocycles. The molecule has 0 aliphatic heterocycles. The van der Waals surface area contributed by atoms with Crippen LogP contribution in [0.15, 0.2) is 84.9 Å². The highest BCUT2D eigenvalue weighted by molar-refractivity contribution is 6.17. The van der Waals surface area contributed by atoms with Gasteiger partial charge in [0.25, 0.3) is 0 Å². The third-order valence-corrected chi connectivity index (χ3v) is 6.62. The van der Waals surface area contributed by atoms with Crippen molar-refractivity contribution in [1.82, 2.24) is 4.57 Å². The molecular weight excluding hydrogens is 416 g/mol. The van der Waals surface area contributed by atoms with Crippen molar-refractivity contribution in [2.45, 2.75) is 39.2 Å². The quantitative estimate of drug-likeness (QED) is 0.254. The number of fused-ring (bicyclic) bond motifs is 3. The molecule has 1 radical (unpaired) electrons. The Hall–Kier alpha value is -3.85. The van der Waals surface area contributed by atoms with Gasteiger partial charge in [0.05, 0.1) is 11.0 Å². The molecule has 169 valence electrons. The summed E-state index contributed by atoms with van der Waals surface area (Å²) in [6, 6.07) is 32.7. The number of hydrogen-bond donors (Lipinski definition) is 1. The Balaban J connectivity index is 1.70. The van der Waals surface area contributed by atoms with Crippen molar-refractivity contribution < 1.29 is 4.79 Å². The molecule has 0 aliphatic carbocycles. The van der Waals surface area contributed by atoms with E-state index >= 15 is 0 Å². The second-order valence-electron chi connectivity index (χ2n) is 8.90. The lowest BCUT2D eigenvalue weighted by Crippen LogP contribution is -2.11. The molecular formula is C31H29N2O. The molecule has 0 saturated carbocycles. The number of carbonyl (C=O) groups excluding carboxylic acids is 1. The Morgan fingerprint density at radius 2 is 1.71 bits per heavy atom. The van der Waals surface area contributed by atoms with Crippen molar-refractivity contribution in [1.29, 1.82) is 0 Å².